The SMILES string of the molecule is CC(N)(COc1ccc(C(F)(F)F)cc1)C(=O)O. The normalized spacial score (nSPS) is 14.9. The van der Waals surface area contributed by atoms with Crippen molar-refractivity contribution in [3.63, 3.8) is 0 Å². The van der Waals surface area contributed by atoms with E-state index in [-0.39, 0.29) is 12.4 Å². The molecule has 4 nitrogen and oxygen atoms in total. The molecule has 1 aromatic rings. The lowest BCUT2D eigenvalue weighted by Gasteiger charge is -2.19. The molecule has 0 spiro atoms. The third-order valence-corrected chi connectivity index (χ3v) is 2.21. The first-order valence-corrected chi connectivity index (χ1v) is 4.95. The quantitative estimate of drug-likeness (QED) is 0.870. The fourth-order valence-electron chi connectivity index (χ4n) is 1.04. The van der Waals surface area contributed by atoms with Gasteiger partial charge in [-0.1, -0.05) is 0 Å². The maximum absolute atomic E-state index is 12.3. The van der Waals surface area contributed by atoms with Crippen LogP contribution in [0, 0.1) is 0 Å². The van der Waals surface area contributed by atoms with E-state index in [9.17, 15) is 18.0 Å². The second kappa shape index (κ2) is 4.85. The van der Waals surface area contributed by atoms with Crippen LogP contribution >= 0.6 is 0 Å². The Labute approximate surface area is 101 Å². The number of aliphatic carboxylic acids is 1. The summed E-state index contributed by atoms with van der Waals surface area (Å²) in [5.41, 5.74) is 3.01. The Kier molecular flexibility index (Phi) is 3.85. The summed E-state index contributed by atoms with van der Waals surface area (Å²) in [5, 5.41) is 8.72. The van der Waals surface area contributed by atoms with Crippen molar-refractivity contribution in [1.82, 2.24) is 0 Å². The highest BCUT2D eigenvalue weighted by Crippen LogP contribution is 2.30. The molecule has 0 amide bonds. The molecule has 0 saturated carbocycles. The van der Waals surface area contributed by atoms with Crippen molar-refractivity contribution in [2.45, 2.75) is 18.6 Å². The van der Waals surface area contributed by atoms with Crippen molar-refractivity contribution in [1.29, 1.82) is 0 Å². The number of rotatable bonds is 4. The highest BCUT2D eigenvalue weighted by Gasteiger charge is 2.31. The van der Waals surface area contributed by atoms with Crippen LogP contribution in [-0.4, -0.2) is 23.2 Å². The molecule has 0 aliphatic carbocycles. The summed E-state index contributed by atoms with van der Waals surface area (Å²) in [4.78, 5) is 10.7. The lowest BCUT2D eigenvalue weighted by Crippen LogP contribution is -2.49. The summed E-state index contributed by atoms with van der Waals surface area (Å²) >= 11 is 0. The number of ether oxygens (including phenoxy) is 1. The second-order valence-corrected chi connectivity index (χ2v) is 4.03. The van der Waals surface area contributed by atoms with Crippen LogP contribution in [0.4, 0.5) is 13.2 Å². The molecule has 0 saturated heterocycles. The number of benzene rings is 1. The molecule has 0 aliphatic heterocycles. The van der Waals surface area contributed by atoms with Crippen LogP contribution in [0.2, 0.25) is 0 Å². The lowest BCUT2D eigenvalue weighted by molar-refractivity contribution is -0.143. The van der Waals surface area contributed by atoms with E-state index in [1.807, 2.05) is 0 Å². The lowest BCUT2D eigenvalue weighted by atomic mass is 10.1. The minimum Gasteiger partial charge on any atom is -0.491 e. The molecule has 0 radical (unpaired) electrons. The predicted octanol–water partition coefficient (Wildman–Crippen LogP) is 1.89. The van der Waals surface area contributed by atoms with Crippen molar-refractivity contribution in [2.75, 3.05) is 6.61 Å². The van der Waals surface area contributed by atoms with Crippen molar-refractivity contribution in [3.05, 3.63) is 29.8 Å². The van der Waals surface area contributed by atoms with Gasteiger partial charge in [0.05, 0.1) is 5.56 Å². The molecule has 100 valence electrons. The van der Waals surface area contributed by atoms with Gasteiger partial charge in [0.1, 0.15) is 17.9 Å². The van der Waals surface area contributed by atoms with Gasteiger partial charge in [0.2, 0.25) is 0 Å². The van der Waals surface area contributed by atoms with Crippen LogP contribution in [0.3, 0.4) is 0 Å². The molecular weight excluding hydrogens is 251 g/mol. The molecule has 1 unspecified atom stereocenters. The molecule has 1 atom stereocenters. The fraction of sp³-hybridized carbons (Fsp3) is 0.364. The number of alkyl halides is 3. The Morgan fingerprint density at radius 1 is 1.33 bits per heavy atom. The standard InChI is InChI=1S/C11H12F3NO3/c1-10(15,9(16)17)6-18-8-4-2-7(3-5-8)11(12,13)14/h2-5H,6,15H2,1H3,(H,16,17). The van der Waals surface area contributed by atoms with E-state index in [0.717, 1.165) is 24.3 Å². The molecule has 0 bridgehead atoms. The van der Waals surface area contributed by atoms with E-state index in [1.165, 1.54) is 6.92 Å². The van der Waals surface area contributed by atoms with Gasteiger partial charge in [-0.25, -0.2) is 0 Å². The van der Waals surface area contributed by atoms with E-state index in [4.69, 9.17) is 15.6 Å². The molecule has 0 heterocycles. The van der Waals surface area contributed by atoms with Gasteiger partial charge >= 0.3 is 12.1 Å². The van der Waals surface area contributed by atoms with Crippen LogP contribution in [-0.2, 0) is 11.0 Å². The van der Waals surface area contributed by atoms with Gasteiger partial charge in [-0.2, -0.15) is 13.2 Å². The topological polar surface area (TPSA) is 72.5 Å². The van der Waals surface area contributed by atoms with Crippen molar-refractivity contribution in [2.24, 2.45) is 5.73 Å². The fourth-order valence-corrected chi connectivity index (χ4v) is 1.04. The summed E-state index contributed by atoms with van der Waals surface area (Å²) in [6.07, 6.45) is -4.41. The average molecular weight is 263 g/mol. The minimum absolute atomic E-state index is 0.126. The minimum atomic E-state index is -4.41. The summed E-state index contributed by atoms with van der Waals surface area (Å²) in [7, 11) is 0. The Morgan fingerprint density at radius 3 is 2.22 bits per heavy atom. The number of hydrogen-bond acceptors (Lipinski definition) is 3. The number of carboxylic acids is 1. The molecule has 0 aliphatic rings. The Hall–Kier alpha value is -1.76. The predicted molar refractivity (Wildman–Crippen MR) is 57.2 cm³/mol. The van der Waals surface area contributed by atoms with Crippen LogP contribution in [0.15, 0.2) is 24.3 Å². The average Bonchev–Trinajstić information content (AvgIpc) is 2.25. The maximum atomic E-state index is 12.3. The first-order valence-electron chi connectivity index (χ1n) is 4.95. The van der Waals surface area contributed by atoms with Gasteiger partial charge in [-0.05, 0) is 31.2 Å². The highest BCUT2D eigenvalue weighted by atomic mass is 19.4. The van der Waals surface area contributed by atoms with Crippen molar-refractivity contribution < 1.29 is 27.8 Å². The third-order valence-electron chi connectivity index (χ3n) is 2.21. The van der Waals surface area contributed by atoms with Crippen molar-refractivity contribution >= 4 is 5.97 Å². The van der Waals surface area contributed by atoms with Crippen LogP contribution in [0.25, 0.3) is 0 Å². The molecule has 18 heavy (non-hydrogen) atoms. The van der Waals surface area contributed by atoms with E-state index in [0.29, 0.717) is 0 Å². The van der Waals surface area contributed by atoms with Gasteiger partial charge in [0.15, 0.2) is 0 Å². The molecule has 0 fully saturated rings. The Balaban J connectivity index is 2.68. The van der Waals surface area contributed by atoms with Crippen LogP contribution < -0.4 is 10.5 Å². The second-order valence-electron chi connectivity index (χ2n) is 4.03. The molecule has 3 N–H and O–H groups in total. The Morgan fingerprint density at radius 2 is 1.83 bits per heavy atom. The molecule has 1 aromatic carbocycles. The van der Waals surface area contributed by atoms with E-state index < -0.39 is 23.2 Å². The summed E-state index contributed by atoms with van der Waals surface area (Å²) in [5.74, 6) is -1.13. The summed E-state index contributed by atoms with van der Waals surface area (Å²) in [6.45, 7) is 0.910. The highest BCUT2D eigenvalue weighted by molar-refractivity contribution is 5.78. The zero-order valence-corrected chi connectivity index (χ0v) is 9.49. The van der Waals surface area contributed by atoms with Gasteiger partial charge in [-0.3, -0.25) is 4.79 Å². The smallest absolute Gasteiger partial charge is 0.416 e. The zero-order valence-electron chi connectivity index (χ0n) is 9.49. The summed E-state index contributed by atoms with van der Waals surface area (Å²) in [6, 6.07) is 3.93. The van der Waals surface area contributed by atoms with Gasteiger partial charge in [0.25, 0.3) is 0 Å². The first-order chi connectivity index (χ1) is 8.13. The summed E-state index contributed by atoms with van der Waals surface area (Å²) < 4.78 is 41.8. The van der Waals surface area contributed by atoms with Crippen LogP contribution in [0.5, 0.6) is 5.75 Å². The van der Waals surface area contributed by atoms with E-state index in [2.05, 4.69) is 0 Å². The monoisotopic (exact) mass is 263 g/mol. The molecule has 1 rings (SSSR count). The number of carboxylic acid groups (broad SMARTS) is 1. The maximum Gasteiger partial charge on any atom is 0.416 e. The number of hydrogen-bond donors (Lipinski definition) is 2. The first kappa shape index (κ1) is 14.3. The van der Waals surface area contributed by atoms with Gasteiger partial charge in [-0.15, -0.1) is 0 Å². The van der Waals surface area contributed by atoms with Crippen LogP contribution in [0.1, 0.15) is 12.5 Å². The van der Waals surface area contributed by atoms with Gasteiger partial charge < -0.3 is 15.6 Å². The van der Waals surface area contributed by atoms with E-state index >= 15 is 0 Å². The molecule has 7 heteroatoms. The van der Waals surface area contributed by atoms with Gasteiger partial charge in [0, 0.05) is 0 Å². The number of carbonyl (C=O) groups is 1. The third kappa shape index (κ3) is 3.63. The molecular formula is C11H12F3NO3. The number of nitrogens with two attached hydrogens (primary N) is 1. The Bertz CT molecular complexity index is 426. The van der Waals surface area contributed by atoms with Crippen molar-refractivity contribution in [3.8, 4) is 5.75 Å². The molecule has 0 aromatic heterocycles. The number of halogens is 3. The largest absolute Gasteiger partial charge is 0.491 e. The zero-order chi connectivity index (χ0) is 14.0. The van der Waals surface area contributed by atoms with E-state index in [1.54, 1.807) is 0 Å².